The molecule has 0 saturated heterocycles. The third kappa shape index (κ3) is 25.1. The second kappa shape index (κ2) is 26.1. The van der Waals surface area contributed by atoms with Gasteiger partial charge in [-0.15, -0.1) is 0 Å². The van der Waals surface area contributed by atoms with Crippen LogP contribution in [0.15, 0.2) is 12.2 Å². The Bertz CT molecular complexity index is 506. The molecule has 0 N–H and O–H groups in total. The summed E-state index contributed by atoms with van der Waals surface area (Å²) in [6.45, 7) is 12.1. The summed E-state index contributed by atoms with van der Waals surface area (Å²) in [5, 5.41) is 0. The lowest BCUT2D eigenvalue weighted by Crippen LogP contribution is -3.00. The van der Waals surface area contributed by atoms with Crippen molar-refractivity contribution in [3.05, 3.63) is 12.2 Å². The minimum absolute atomic E-state index is 0. The molecule has 0 spiro atoms. The van der Waals surface area contributed by atoms with Gasteiger partial charge in [-0.3, -0.25) is 0 Å². The Hall–Kier alpha value is -0.540. The van der Waals surface area contributed by atoms with Gasteiger partial charge in [-0.2, -0.15) is 0 Å². The minimum Gasteiger partial charge on any atom is -1.00 e. The van der Waals surface area contributed by atoms with Crippen molar-refractivity contribution in [2.24, 2.45) is 0 Å². The fraction of sp³-hybridized carbons (Fsp3) is 0.906. The van der Waals surface area contributed by atoms with E-state index in [0.29, 0.717) is 5.57 Å². The monoisotopic (exact) mass is 529 g/mol. The molecule has 0 bridgehead atoms. The second-order valence-corrected chi connectivity index (χ2v) is 11.8. The van der Waals surface area contributed by atoms with E-state index in [1.54, 1.807) is 6.92 Å². The van der Waals surface area contributed by atoms with Crippen molar-refractivity contribution in [3.63, 3.8) is 0 Å². The van der Waals surface area contributed by atoms with E-state index >= 15 is 0 Å². The van der Waals surface area contributed by atoms with Crippen LogP contribution in [0.5, 0.6) is 0 Å². The van der Waals surface area contributed by atoms with E-state index in [2.05, 4.69) is 34.5 Å². The van der Waals surface area contributed by atoms with E-state index in [0.717, 1.165) is 30.4 Å². The molecular formula is C32H64ClNO2. The molecule has 0 radical (unpaired) electrons. The first-order valence-corrected chi connectivity index (χ1v) is 15.5. The van der Waals surface area contributed by atoms with Crippen molar-refractivity contribution in [2.75, 3.05) is 27.2 Å². The molecule has 0 aliphatic heterocycles. The standard InChI is InChI=1S/C32H64NO2.ClH/c1-7-9-11-13-15-16-17-18-19-20-21-22-24-26-28-33(5,6)29-31(35-32(34)30(3)4)27-25-23-14-12-10-8-2;/h31H,3,7-29H2,1-2,4-6H3;1H/q+1;/p-1. The Morgan fingerprint density at radius 2 is 1.03 bits per heavy atom. The number of hydrogen-bond acceptors (Lipinski definition) is 2. The third-order valence-corrected chi connectivity index (χ3v) is 7.32. The summed E-state index contributed by atoms with van der Waals surface area (Å²) in [6.07, 6.45) is 28.2. The Morgan fingerprint density at radius 1 is 0.667 bits per heavy atom. The molecule has 0 aliphatic carbocycles. The number of carbonyl (C=O) groups is 1. The third-order valence-electron chi connectivity index (χ3n) is 7.32. The minimum atomic E-state index is -0.225. The lowest BCUT2D eigenvalue weighted by atomic mass is 10.0. The highest BCUT2D eigenvalue weighted by Crippen LogP contribution is 2.17. The number of halogens is 1. The van der Waals surface area contributed by atoms with Crippen molar-refractivity contribution >= 4 is 5.97 Å². The summed E-state index contributed by atoms with van der Waals surface area (Å²) in [7, 11) is 4.59. The zero-order valence-corrected chi connectivity index (χ0v) is 25.9. The molecule has 1 atom stereocenters. The highest BCUT2D eigenvalue weighted by atomic mass is 35.5. The van der Waals surface area contributed by atoms with Crippen LogP contribution in [0.2, 0.25) is 0 Å². The first kappa shape index (κ1) is 37.6. The van der Waals surface area contributed by atoms with Crippen molar-refractivity contribution in [1.29, 1.82) is 0 Å². The number of likely N-dealkylation sites (N-methyl/N-ethyl adjacent to an activating group) is 1. The molecule has 36 heavy (non-hydrogen) atoms. The van der Waals surface area contributed by atoms with E-state index in [4.69, 9.17) is 4.74 Å². The zero-order chi connectivity index (χ0) is 26.2. The van der Waals surface area contributed by atoms with E-state index in [-0.39, 0.29) is 24.5 Å². The number of nitrogens with zero attached hydrogens (tertiary/aromatic N) is 1. The highest BCUT2D eigenvalue weighted by Gasteiger charge is 2.25. The molecule has 216 valence electrons. The molecular weight excluding hydrogens is 466 g/mol. The fourth-order valence-corrected chi connectivity index (χ4v) is 4.97. The van der Waals surface area contributed by atoms with Gasteiger partial charge in [0.2, 0.25) is 0 Å². The van der Waals surface area contributed by atoms with Crippen molar-refractivity contribution in [1.82, 2.24) is 0 Å². The second-order valence-electron chi connectivity index (χ2n) is 11.8. The number of unbranched alkanes of at least 4 members (excludes halogenated alkanes) is 18. The fourth-order valence-electron chi connectivity index (χ4n) is 4.97. The predicted molar refractivity (Wildman–Crippen MR) is 155 cm³/mol. The molecule has 0 aromatic carbocycles. The van der Waals surface area contributed by atoms with Crippen LogP contribution in [0.3, 0.4) is 0 Å². The average molecular weight is 530 g/mol. The maximum absolute atomic E-state index is 12.2. The van der Waals surface area contributed by atoms with Crippen LogP contribution in [-0.2, 0) is 9.53 Å². The first-order valence-electron chi connectivity index (χ1n) is 15.5. The highest BCUT2D eigenvalue weighted by molar-refractivity contribution is 5.87. The number of carbonyl (C=O) groups excluding carboxylic acids is 1. The predicted octanol–water partition coefficient (Wildman–Crippen LogP) is 6.79. The Morgan fingerprint density at radius 3 is 1.42 bits per heavy atom. The van der Waals surface area contributed by atoms with E-state index in [1.165, 1.54) is 122 Å². The normalized spacial score (nSPS) is 12.2. The SMILES string of the molecule is C=C(C)C(=O)OC(CCCCCCCC)C[N+](C)(C)CCCCCCCCCCCCCCCC.[Cl-]. The summed E-state index contributed by atoms with van der Waals surface area (Å²) < 4.78 is 6.78. The number of quaternary nitrogens is 1. The summed E-state index contributed by atoms with van der Waals surface area (Å²) in [5.74, 6) is -0.225. The number of esters is 1. The van der Waals surface area contributed by atoms with Crippen LogP contribution in [-0.4, -0.2) is 43.7 Å². The molecule has 0 amide bonds. The van der Waals surface area contributed by atoms with Crippen LogP contribution in [0.25, 0.3) is 0 Å². The van der Waals surface area contributed by atoms with Crippen molar-refractivity contribution in [2.45, 2.75) is 162 Å². The molecule has 0 aromatic heterocycles. The molecule has 3 nitrogen and oxygen atoms in total. The van der Waals surface area contributed by atoms with E-state index in [9.17, 15) is 4.79 Å². The molecule has 4 heteroatoms. The Kier molecular flexibility index (Phi) is 27.2. The lowest BCUT2D eigenvalue weighted by Gasteiger charge is -2.33. The maximum Gasteiger partial charge on any atom is 0.333 e. The smallest absolute Gasteiger partial charge is 0.333 e. The van der Waals surface area contributed by atoms with Crippen LogP contribution in [0, 0.1) is 0 Å². The molecule has 0 fully saturated rings. The molecule has 0 rings (SSSR count). The topological polar surface area (TPSA) is 26.3 Å². The van der Waals surface area contributed by atoms with Gasteiger partial charge in [0, 0.05) is 5.57 Å². The maximum atomic E-state index is 12.2. The molecule has 1 unspecified atom stereocenters. The van der Waals surface area contributed by atoms with Crippen LogP contribution in [0.4, 0.5) is 0 Å². The largest absolute Gasteiger partial charge is 1.00 e. The van der Waals surface area contributed by atoms with Crippen LogP contribution >= 0.6 is 0 Å². The lowest BCUT2D eigenvalue weighted by molar-refractivity contribution is -0.893. The summed E-state index contributed by atoms with van der Waals surface area (Å²) in [6, 6.07) is 0. The van der Waals surface area contributed by atoms with Gasteiger partial charge in [0.15, 0.2) is 6.10 Å². The van der Waals surface area contributed by atoms with Gasteiger partial charge in [0.05, 0.1) is 20.6 Å². The molecule has 0 saturated carbocycles. The van der Waals surface area contributed by atoms with Crippen molar-refractivity contribution < 1.29 is 26.4 Å². The first-order chi connectivity index (χ1) is 16.8. The summed E-state index contributed by atoms with van der Waals surface area (Å²) >= 11 is 0. The molecule has 0 heterocycles. The number of hydrogen-bond donors (Lipinski definition) is 0. The van der Waals surface area contributed by atoms with Gasteiger partial charge in [0.25, 0.3) is 0 Å². The van der Waals surface area contributed by atoms with Crippen LogP contribution in [0.1, 0.15) is 156 Å². The van der Waals surface area contributed by atoms with Crippen LogP contribution < -0.4 is 12.4 Å². The molecule has 0 aliphatic rings. The molecule has 0 aromatic rings. The zero-order valence-electron chi connectivity index (χ0n) is 25.2. The van der Waals surface area contributed by atoms with Gasteiger partial charge in [0.1, 0.15) is 6.54 Å². The van der Waals surface area contributed by atoms with Crippen molar-refractivity contribution in [3.8, 4) is 0 Å². The van der Waals surface area contributed by atoms with Gasteiger partial charge in [-0.25, -0.2) is 4.79 Å². The van der Waals surface area contributed by atoms with Gasteiger partial charge in [-0.1, -0.05) is 130 Å². The number of rotatable bonds is 26. The van der Waals surface area contributed by atoms with E-state index < -0.39 is 0 Å². The van der Waals surface area contributed by atoms with Gasteiger partial charge in [-0.05, 0) is 32.6 Å². The quantitative estimate of drug-likeness (QED) is 0.0533. The van der Waals surface area contributed by atoms with E-state index in [1.807, 2.05) is 0 Å². The number of ether oxygens (including phenoxy) is 1. The Labute approximate surface area is 233 Å². The van der Waals surface area contributed by atoms with Gasteiger partial charge < -0.3 is 21.6 Å². The average Bonchev–Trinajstić information content (AvgIpc) is 2.81. The van der Waals surface area contributed by atoms with Gasteiger partial charge >= 0.3 is 5.97 Å². The summed E-state index contributed by atoms with van der Waals surface area (Å²) in [5.41, 5.74) is 0.509. The summed E-state index contributed by atoms with van der Waals surface area (Å²) in [4.78, 5) is 12.2. The Balaban J connectivity index is 0.